The van der Waals surface area contributed by atoms with Gasteiger partial charge in [0.05, 0.1) is 18.5 Å². The van der Waals surface area contributed by atoms with E-state index in [4.69, 9.17) is 4.74 Å². The normalized spacial score (nSPS) is 13.5. The first kappa shape index (κ1) is 21.6. The average molecular weight is 390 g/mol. The molecule has 0 bridgehead atoms. The molecule has 0 atom stereocenters. The molecule has 1 aliphatic carbocycles. The van der Waals surface area contributed by atoms with Gasteiger partial charge in [0, 0.05) is 32.7 Å². The molecule has 28 heavy (non-hydrogen) atoms. The highest BCUT2D eigenvalue weighted by molar-refractivity contribution is 6.02. The van der Waals surface area contributed by atoms with Gasteiger partial charge in [0.25, 0.3) is 5.91 Å². The van der Waals surface area contributed by atoms with Gasteiger partial charge < -0.3 is 15.4 Å². The van der Waals surface area contributed by atoms with Gasteiger partial charge in [0.2, 0.25) is 5.91 Å². The number of hydrogen-bond acceptors (Lipinski definition) is 5. The lowest BCUT2D eigenvalue weighted by Crippen LogP contribution is -2.32. The lowest BCUT2D eigenvalue weighted by molar-refractivity contribution is -0.123. The Kier molecular flexibility index (Phi) is 8.19. The van der Waals surface area contributed by atoms with Crippen LogP contribution in [0.25, 0.3) is 0 Å². The van der Waals surface area contributed by atoms with E-state index in [2.05, 4.69) is 25.9 Å². The first-order valence-corrected chi connectivity index (χ1v) is 9.51. The van der Waals surface area contributed by atoms with Crippen molar-refractivity contribution in [1.82, 2.24) is 25.3 Å². The zero-order valence-electron chi connectivity index (χ0n) is 17.0. The number of hydrogen-bond donors (Lipinski definition) is 3. The molecular weight excluding hydrogens is 360 g/mol. The van der Waals surface area contributed by atoms with E-state index in [0.29, 0.717) is 35.8 Å². The molecule has 3 N–H and O–H groups in total. The second-order valence-corrected chi connectivity index (χ2v) is 7.23. The molecule has 1 saturated carbocycles. The maximum atomic E-state index is 11.9. The predicted octanol–water partition coefficient (Wildman–Crippen LogP) is 2.24. The highest BCUT2D eigenvalue weighted by Gasteiger charge is 2.20. The molecule has 0 saturated heterocycles. The van der Waals surface area contributed by atoms with E-state index in [1.807, 2.05) is 13.8 Å². The monoisotopic (exact) mass is 390 g/mol. The van der Waals surface area contributed by atoms with Crippen LogP contribution in [0.15, 0.2) is 18.3 Å². The van der Waals surface area contributed by atoms with Crippen molar-refractivity contribution < 1.29 is 14.3 Å². The van der Waals surface area contributed by atoms with Crippen LogP contribution in [-0.2, 0) is 23.2 Å². The first-order chi connectivity index (χ1) is 13.4. The Balaban J connectivity index is 0.000000221. The van der Waals surface area contributed by atoms with Crippen molar-refractivity contribution in [2.75, 3.05) is 12.4 Å². The Morgan fingerprint density at radius 2 is 2.14 bits per heavy atom. The second-order valence-electron chi connectivity index (χ2n) is 7.23. The van der Waals surface area contributed by atoms with Crippen molar-refractivity contribution >= 4 is 17.6 Å². The Morgan fingerprint density at radius 3 is 2.68 bits per heavy atom. The van der Waals surface area contributed by atoms with Crippen LogP contribution in [-0.4, -0.2) is 44.9 Å². The molecule has 1 aliphatic rings. The summed E-state index contributed by atoms with van der Waals surface area (Å²) in [5.41, 5.74) is 1.18. The molecule has 0 unspecified atom stereocenters. The van der Waals surface area contributed by atoms with Crippen LogP contribution in [0, 0.1) is 5.92 Å². The van der Waals surface area contributed by atoms with Crippen LogP contribution in [0.2, 0.25) is 0 Å². The average Bonchev–Trinajstić information content (AvgIpc) is 3.21. The molecule has 2 aromatic rings. The van der Waals surface area contributed by atoms with Crippen molar-refractivity contribution in [3.63, 3.8) is 0 Å². The van der Waals surface area contributed by atoms with Gasteiger partial charge in [0.15, 0.2) is 0 Å². The van der Waals surface area contributed by atoms with Gasteiger partial charge >= 0.3 is 0 Å². The van der Waals surface area contributed by atoms with E-state index in [-0.39, 0.29) is 11.8 Å². The summed E-state index contributed by atoms with van der Waals surface area (Å²) in [7, 11) is 3.29. The van der Waals surface area contributed by atoms with Crippen molar-refractivity contribution in [2.45, 2.75) is 52.2 Å². The minimum Gasteiger partial charge on any atom is -0.378 e. The van der Waals surface area contributed by atoms with Gasteiger partial charge in [-0.05, 0) is 38.7 Å². The van der Waals surface area contributed by atoms with Crippen LogP contribution in [0.4, 0.5) is 5.82 Å². The number of nitrogens with one attached hydrogen (secondary N) is 3. The standard InChI is InChI=1S/C10H13N5O2.C9H17NO/c1-15-8(5-7(14-15)6-17-2)10(16)12-9-3-4-11-13-9;1-7(2)10-9(11)6-8-4-3-5-8/h3-5H,6H2,1-2H3,(H2,11,12,13,16);7-8H,3-6H2,1-2H3,(H,10,11). The van der Waals surface area contributed by atoms with Crippen LogP contribution < -0.4 is 10.6 Å². The number of anilines is 1. The number of aryl methyl sites for hydroxylation is 1. The second kappa shape index (κ2) is 10.6. The lowest BCUT2D eigenvalue weighted by Gasteiger charge is -2.24. The third-order valence-corrected chi connectivity index (χ3v) is 4.35. The third kappa shape index (κ3) is 6.80. The number of rotatable bonds is 7. The molecular formula is C19H30N6O3. The summed E-state index contributed by atoms with van der Waals surface area (Å²) in [5.74, 6) is 1.22. The van der Waals surface area contributed by atoms with Gasteiger partial charge in [-0.1, -0.05) is 6.42 Å². The van der Waals surface area contributed by atoms with E-state index in [1.165, 1.54) is 23.9 Å². The molecule has 1 fully saturated rings. The van der Waals surface area contributed by atoms with E-state index < -0.39 is 0 Å². The van der Waals surface area contributed by atoms with Crippen molar-refractivity contribution in [1.29, 1.82) is 0 Å². The van der Waals surface area contributed by atoms with E-state index >= 15 is 0 Å². The number of carbonyl (C=O) groups excluding carboxylic acids is 2. The van der Waals surface area contributed by atoms with Gasteiger partial charge in [-0.15, -0.1) is 0 Å². The largest absolute Gasteiger partial charge is 0.378 e. The SMILES string of the molecule is CC(C)NC(=O)CC1CCC1.COCc1cc(C(=O)Nc2ccn[nH]2)n(C)n1. The number of ether oxygens (including phenoxy) is 1. The highest BCUT2D eigenvalue weighted by Crippen LogP contribution is 2.29. The fourth-order valence-electron chi connectivity index (χ4n) is 2.81. The number of amides is 2. The number of aromatic nitrogens is 4. The van der Waals surface area contributed by atoms with E-state index in [9.17, 15) is 9.59 Å². The van der Waals surface area contributed by atoms with Crippen molar-refractivity contribution in [3.8, 4) is 0 Å². The molecule has 0 radical (unpaired) electrons. The van der Waals surface area contributed by atoms with Crippen molar-refractivity contribution in [3.05, 3.63) is 29.7 Å². The maximum Gasteiger partial charge on any atom is 0.275 e. The highest BCUT2D eigenvalue weighted by atomic mass is 16.5. The number of nitrogens with zero attached hydrogens (tertiary/aromatic N) is 3. The summed E-state index contributed by atoms with van der Waals surface area (Å²) in [6.45, 7) is 4.38. The Bertz CT molecular complexity index is 750. The Morgan fingerprint density at radius 1 is 1.39 bits per heavy atom. The van der Waals surface area contributed by atoms with Gasteiger partial charge in [-0.25, -0.2) is 0 Å². The molecule has 0 aromatic carbocycles. The van der Waals surface area contributed by atoms with E-state index in [1.54, 1.807) is 32.5 Å². The molecule has 2 heterocycles. The number of carbonyl (C=O) groups is 2. The van der Waals surface area contributed by atoms with Gasteiger partial charge in [0.1, 0.15) is 11.5 Å². The molecule has 9 nitrogen and oxygen atoms in total. The Labute approximate surface area is 165 Å². The van der Waals surface area contributed by atoms with Crippen LogP contribution >= 0.6 is 0 Å². The molecule has 154 valence electrons. The summed E-state index contributed by atoms with van der Waals surface area (Å²) >= 11 is 0. The first-order valence-electron chi connectivity index (χ1n) is 9.51. The number of methoxy groups -OCH3 is 1. The van der Waals surface area contributed by atoms with E-state index in [0.717, 1.165) is 6.42 Å². The smallest absolute Gasteiger partial charge is 0.275 e. The summed E-state index contributed by atoms with van der Waals surface area (Å²) < 4.78 is 6.47. The Hall–Kier alpha value is -2.68. The maximum absolute atomic E-state index is 11.9. The summed E-state index contributed by atoms with van der Waals surface area (Å²) in [6.07, 6.45) is 6.14. The summed E-state index contributed by atoms with van der Waals surface area (Å²) in [5, 5.41) is 16.1. The summed E-state index contributed by atoms with van der Waals surface area (Å²) in [4.78, 5) is 23.0. The van der Waals surface area contributed by atoms with Gasteiger partial charge in [-0.2, -0.15) is 10.2 Å². The predicted molar refractivity (Wildman–Crippen MR) is 106 cm³/mol. The molecule has 0 spiro atoms. The quantitative estimate of drug-likeness (QED) is 0.671. The van der Waals surface area contributed by atoms with Gasteiger partial charge in [-0.3, -0.25) is 19.4 Å². The number of H-pyrrole nitrogens is 1. The fraction of sp³-hybridized carbons (Fsp3) is 0.579. The van der Waals surface area contributed by atoms with Crippen molar-refractivity contribution in [2.24, 2.45) is 13.0 Å². The zero-order valence-corrected chi connectivity index (χ0v) is 17.0. The molecule has 2 aromatic heterocycles. The zero-order chi connectivity index (χ0) is 20.5. The number of aromatic amines is 1. The molecule has 2 amide bonds. The lowest BCUT2D eigenvalue weighted by atomic mass is 9.83. The van der Waals surface area contributed by atoms with Crippen LogP contribution in [0.5, 0.6) is 0 Å². The molecule has 0 aliphatic heterocycles. The fourth-order valence-corrected chi connectivity index (χ4v) is 2.81. The molecule has 9 heteroatoms. The third-order valence-electron chi connectivity index (χ3n) is 4.35. The minimum absolute atomic E-state index is 0.227. The molecule has 3 rings (SSSR count). The van der Waals surface area contributed by atoms with Crippen LogP contribution in [0.1, 0.15) is 55.7 Å². The summed E-state index contributed by atoms with van der Waals surface area (Å²) in [6, 6.07) is 3.65. The van der Waals surface area contributed by atoms with Crippen LogP contribution in [0.3, 0.4) is 0 Å². The topological polar surface area (TPSA) is 114 Å². The minimum atomic E-state index is -0.244.